The van der Waals surface area contributed by atoms with E-state index in [1.807, 2.05) is 0 Å². The van der Waals surface area contributed by atoms with Gasteiger partial charge in [0.25, 0.3) is 5.69 Å². The number of nitrogens with zero attached hydrogens (tertiary/aromatic N) is 1. The lowest BCUT2D eigenvalue weighted by Gasteiger charge is -2.29. The highest BCUT2D eigenvalue weighted by Gasteiger charge is 2.24. The van der Waals surface area contributed by atoms with Gasteiger partial charge in [0.1, 0.15) is 5.69 Å². The quantitative estimate of drug-likeness (QED) is 0.647. The molecule has 0 bridgehead atoms. The average molecular weight is 283 g/mol. The van der Waals surface area contributed by atoms with E-state index in [0.29, 0.717) is 16.6 Å². The van der Waals surface area contributed by atoms with E-state index in [-0.39, 0.29) is 16.7 Å². The van der Waals surface area contributed by atoms with E-state index in [4.69, 9.17) is 11.6 Å². The molecule has 2 rings (SSSR count). The van der Waals surface area contributed by atoms with Gasteiger partial charge >= 0.3 is 0 Å². The highest BCUT2D eigenvalue weighted by Crippen LogP contribution is 2.35. The third kappa shape index (κ3) is 3.38. The maximum absolute atomic E-state index is 11.0. The monoisotopic (exact) mass is 282 g/mol. The van der Waals surface area contributed by atoms with Crippen molar-refractivity contribution >= 4 is 23.0 Å². The molecule has 1 saturated carbocycles. The van der Waals surface area contributed by atoms with Gasteiger partial charge in [-0.05, 0) is 31.7 Å². The fraction of sp³-hybridized carbons (Fsp3) is 0.571. The normalized spacial score (nSPS) is 18.0. The van der Waals surface area contributed by atoms with Crippen LogP contribution in [0.4, 0.5) is 11.4 Å². The summed E-state index contributed by atoms with van der Waals surface area (Å²) in [6.07, 6.45) is 6.18. The minimum Gasteiger partial charge on any atom is -0.376 e. The number of nitro benzene ring substituents is 1. The Kier molecular flexibility index (Phi) is 4.64. The molecule has 1 aliphatic rings. The van der Waals surface area contributed by atoms with Crippen molar-refractivity contribution in [3.05, 3.63) is 33.3 Å². The van der Waals surface area contributed by atoms with Crippen LogP contribution in [0.15, 0.2) is 18.2 Å². The highest BCUT2D eigenvalue weighted by atomic mass is 35.5. The zero-order valence-electron chi connectivity index (χ0n) is 11.1. The van der Waals surface area contributed by atoms with Gasteiger partial charge in [-0.1, -0.05) is 36.9 Å². The molecule has 0 aliphatic heterocycles. The van der Waals surface area contributed by atoms with Crippen LogP contribution in [0.3, 0.4) is 0 Å². The molecule has 0 heterocycles. The van der Waals surface area contributed by atoms with Gasteiger partial charge < -0.3 is 5.32 Å². The van der Waals surface area contributed by atoms with Crippen molar-refractivity contribution in [2.45, 2.75) is 45.1 Å². The van der Waals surface area contributed by atoms with Gasteiger partial charge in [-0.25, -0.2) is 0 Å². The highest BCUT2D eigenvalue weighted by molar-refractivity contribution is 6.33. The fourth-order valence-electron chi connectivity index (χ4n) is 2.79. The molecule has 1 N–H and O–H groups in total. The Morgan fingerprint density at radius 1 is 1.37 bits per heavy atom. The maximum Gasteiger partial charge on any atom is 0.293 e. The smallest absolute Gasteiger partial charge is 0.293 e. The molecular formula is C14H19ClN2O2. The van der Waals surface area contributed by atoms with E-state index in [1.54, 1.807) is 12.1 Å². The molecule has 5 heteroatoms. The molecule has 0 aromatic heterocycles. The summed E-state index contributed by atoms with van der Waals surface area (Å²) in [5.41, 5.74) is 0.502. The molecule has 0 saturated heterocycles. The van der Waals surface area contributed by atoms with E-state index in [9.17, 15) is 10.1 Å². The van der Waals surface area contributed by atoms with Crippen molar-refractivity contribution in [3.63, 3.8) is 0 Å². The lowest BCUT2D eigenvalue weighted by Crippen LogP contribution is -2.28. The van der Waals surface area contributed by atoms with Gasteiger partial charge in [-0.2, -0.15) is 0 Å². The molecule has 1 aliphatic carbocycles. The fourth-order valence-corrected chi connectivity index (χ4v) is 3.01. The zero-order chi connectivity index (χ0) is 13.8. The van der Waals surface area contributed by atoms with Gasteiger partial charge in [-0.15, -0.1) is 0 Å². The van der Waals surface area contributed by atoms with Crippen LogP contribution >= 0.6 is 11.6 Å². The average Bonchev–Trinajstić information content (AvgIpc) is 2.41. The lowest BCUT2D eigenvalue weighted by molar-refractivity contribution is -0.384. The number of benzene rings is 1. The number of rotatable bonds is 4. The molecule has 1 unspecified atom stereocenters. The number of para-hydroxylation sites is 1. The number of nitrogens with one attached hydrogen (secondary N) is 1. The van der Waals surface area contributed by atoms with Gasteiger partial charge in [0.15, 0.2) is 0 Å². The first kappa shape index (κ1) is 14.1. The second-order valence-electron chi connectivity index (χ2n) is 5.22. The summed E-state index contributed by atoms with van der Waals surface area (Å²) < 4.78 is 0. The van der Waals surface area contributed by atoms with Crippen LogP contribution in [-0.4, -0.2) is 11.0 Å². The molecule has 0 radical (unpaired) electrons. The van der Waals surface area contributed by atoms with Gasteiger partial charge in [-0.3, -0.25) is 10.1 Å². The Morgan fingerprint density at radius 2 is 2.05 bits per heavy atom. The van der Waals surface area contributed by atoms with Crippen LogP contribution in [0.5, 0.6) is 0 Å². The number of halogens is 1. The van der Waals surface area contributed by atoms with Crippen LogP contribution < -0.4 is 5.32 Å². The molecule has 1 fully saturated rings. The maximum atomic E-state index is 11.0. The standard InChI is InChI=1S/C14H19ClN2O2/c1-10(11-6-3-2-4-7-11)16-14-12(15)8-5-9-13(14)17(18)19/h5,8-11,16H,2-4,6-7H2,1H3. The molecule has 1 aromatic rings. The number of nitro groups is 1. The lowest BCUT2D eigenvalue weighted by atomic mass is 9.84. The van der Waals surface area contributed by atoms with E-state index in [0.717, 1.165) is 0 Å². The first-order valence-electron chi connectivity index (χ1n) is 6.79. The summed E-state index contributed by atoms with van der Waals surface area (Å²) in [5, 5.41) is 14.7. The van der Waals surface area contributed by atoms with E-state index in [1.165, 1.54) is 38.2 Å². The Bertz CT molecular complexity index is 459. The first-order chi connectivity index (χ1) is 9.09. The van der Waals surface area contributed by atoms with Crippen molar-refractivity contribution < 1.29 is 4.92 Å². The summed E-state index contributed by atoms with van der Waals surface area (Å²) in [7, 11) is 0. The Labute approximate surface area is 118 Å². The molecule has 4 nitrogen and oxygen atoms in total. The Balaban J connectivity index is 2.15. The largest absolute Gasteiger partial charge is 0.376 e. The van der Waals surface area contributed by atoms with Crippen molar-refractivity contribution in [2.75, 3.05) is 5.32 Å². The van der Waals surface area contributed by atoms with E-state index in [2.05, 4.69) is 12.2 Å². The predicted molar refractivity (Wildman–Crippen MR) is 77.8 cm³/mol. The van der Waals surface area contributed by atoms with Crippen molar-refractivity contribution in [1.82, 2.24) is 0 Å². The Morgan fingerprint density at radius 3 is 2.68 bits per heavy atom. The van der Waals surface area contributed by atoms with Crippen molar-refractivity contribution in [1.29, 1.82) is 0 Å². The van der Waals surface area contributed by atoms with Crippen LogP contribution in [0.1, 0.15) is 39.0 Å². The summed E-state index contributed by atoms with van der Waals surface area (Å²) in [6, 6.07) is 4.99. The third-order valence-corrected chi connectivity index (χ3v) is 4.23. The van der Waals surface area contributed by atoms with Crippen LogP contribution in [-0.2, 0) is 0 Å². The molecule has 1 atom stereocenters. The second-order valence-corrected chi connectivity index (χ2v) is 5.63. The van der Waals surface area contributed by atoms with Crippen LogP contribution in [0, 0.1) is 16.0 Å². The zero-order valence-corrected chi connectivity index (χ0v) is 11.8. The Hall–Kier alpha value is -1.29. The summed E-state index contributed by atoms with van der Waals surface area (Å²) >= 11 is 6.09. The molecule has 1 aromatic carbocycles. The minimum absolute atomic E-state index is 0.0511. The van der Waals surface area contributed by atoms with Gasteiger partial charge in [0.05, 0.1) is 9.95 Å². The SMILES string of the molecule is CC(Nc1c(Cl)cccc1[N+](=O)[O-])C1CCCCC1. The molecule has 0 spiro atoms. The van der Waals surface area contributed by atoms with Gasteiger partial charge in [0, 0.05) is 12.1 Å². The summed E-state index contributed by atoms with van der Waals surface area (Å²) in [5.74, 6) is 0.574. The van der Waals surface area contributed by atoms with E-state index >= 15 is 0 Å². The second kappa shape index (κ2) is 6.24. The number of anilines is 1. The molecule has 104 valence electrons. The van der Waals surface area contributed by atoms with Crippen molar-refractivity contribution in [2.24, 2.45) is 5.92 Å². The molecular weight excluding hydrogens is 264 g/mol. The molecule has 19 heavy (non-hydrogen) atoms. The number of hydrogen-bond acceptors (Lipinski definition) is 3. The predicted octanol–water partition coefficient (Wildman–Crippen LogP) is 4.63. The van der Waals surface area contributed by atoms with E-state index < -0.39 is 0 Å². The minimum atomic E-state index is -0.387. The molecule has 0 amide bonds. The summed E-state index contributed by atoms with van der Waals surface area (Å²) in [6.45, 7) is 2.09. The van der Waals surface area contributed by atoms with Crippen molar-refractivity contribution in [3.8, 4) is 0 Å². The van der Waals surface area contributed by atoms with Gasteiger partial charge in [0.2, 0.25) is 0 Å². The topological polar surface area (TPSA) is 55.2 Å². The summed E-state index contributed by atoms with van der Waals surface area (Å²) in [4.78, 5) is 10.7. The van der Waals surface area contributed by atoms with Crippen LogP contribution in [0.25, 0.3) is 0 Å². The number of hydrogen-bond donors (Lipinski definition) is 1. The third-order valence-electron chi connectivity index (χ3n) is 3.92. The van der Waals surface area contributed by atoms with Crippen LogP contribution in [0.2, 0.25) is 5.02 Å². The first-order valence-corrected chi connectivity index (χ1v) is 7.17.